The van der Waals surface area contributed by atoms with E-state index in [0.29, 0.717) is 6.04 Å². The topological polar surface area (TPSA) is 32.3 Å². The zero-order valence-electron chi connectivity index (χ0n) is 11.1. The Kier molecular flexibility index (Phi) is 6.03. The minimum Gasteiger partial charge on any atom is -0.392 e. The van der Waals surface area contributed by atoms with Crippen molar-refractivity contribution in [2.45, 2.75) is 38.2 Å². The van der Waals surface area contributed by atoms with E-state index < -0.39 is 0 Å². The van der Waals surface area contributed by atoms with Crippen LogP contribution in [0.5, 0.6) is 0 Å². The van der Waals surface area contributed by atoms with Gasteiger partial charge in [0.15, 0.2) is 0 Å². The molecule has 2 nitrogen and oxygen atoms in total. The second kappa shape index (κ2) is 7.04. The van der Waals surface area contributed by atoms with Gasteiger partial charge in [-0.1, -0.05) is 36.8 Å². The Balaban J connectivity index is 2.57. The number of benzene rings is 1. The molecule has 0 aliphatic carbocycles. The maximum absolute atomic E-state index is 9.47. The summed E-state index contributed by atoms with van der Waals surface area (Å²) in [7, 11) is 1.98. The first-order valence-electron chi connectivity index (χ1n) is 6.08. The molecule has 0 bridgehead atoms. The Morgan fingerprint density at radius 1 is 1.24 bits per heavy atom. The quantitative estimate of drug-likeness (QED) is 0.817. The molecule has 0 saturated carbocycles. The normalized spacial score (nSPS) is 16.5. The molecule has 1 rings (SSSR count). The molecule has 1 aromatic carbocycles. The smallest absolute Gasteiger partial charge is 0.0628 e. The minimum absolute atomic E-state index is 0.254. The third kappa shape index (κ3) is 4.70. The maximum atomic E-state index is 9.47. The van der Waals surface area contributed by atoms with Gasteiger partial charge in [-0.05, 0) is 26.5 Å². The largest absolute Gasteiger partial charge is 0.392 e. The molecular formula is C14H23NOS. The molecule has 96 valence electrons. The van der Waals surface area contributed by atoms with Crippen LogP contribution in [0.1, 0.15) is 31.0 Å². The van der Waals surface area contributed by atoms with Crippen LogP contribution in [0.15, 0.2) is 24.3 Å². The number of hydrogen-bond donors (Lipinski definition) is 2. The first-order chi connectivity index (χ1) is 8.04. The van der Waals surface area contributed by atoms with Crippen molar-refractivity contribution < 1.29 is 5.11 Å². The first-order valence-corrected chi connectivity index (χ1v) is 7.13. The van der Waals surface area contributed by atoms with Crippen LogP contribution in [-0.4, -0.2) is 29.3 Å². The number of aryl methyl sites for hydroxylation is 1. The van der Waals surface area contributed by atoms with Crippen molar-refractivity contribution in [3.63, 3.8) is 0 Å². The van der Waals surface area contributed by atoms with E-state index in [4.69, 9.17) is 0 Å². The van der Waals surface area contributed by atoms with Crippen LogP contribution in [-0.2, 0) is 0 Å². The number of hydrogen-bond acceptors (Lipinski definition) is 3. The summed E-state index contributed by atoms with van der Waals surface area (Å²) in [5.74, 6) is 0.978. The van der Waals surface area contributed by atoms with E-state index in [2.05, 4.69) is 43.4 Å². The summed E-state index contributed by atoms with van der Waals surface area (Å²) >= 11 is 1.80. The molecule has 0 fully saturated rings. The molecule has 0 radical (unpaired) electrons. The van der Waals surface area contributed by atoms with Gasteiger partial charge in [0.2, 0.25) is 0 Å². The summed E-state index contributed by atoms with van der Waals surface area (Å²) in [6.07, 6.45) is -0.254. The van der Waals surface area contributed by atoms with Crippen LogP contribution >= 0.6 is 11.8 Å². The summed E-state index contributed by atoms with van der Waals surface area (Å²) in [5.41, 5.74) is 2.59. The number of nitrogens with one attached hydrogen (secondary N) is 1. The highest BCUT2D eigenvalue weighted by molar-refractivity contribution is 7.99. The van der Waals surface area contributed by atoms with Crippen molar-refractivity contribution >= 4 is 11.8 Å². The number of thioether (sulfide) groups is 1. The Morgan fingerprint density at radius 3 is 2.29 bits per heavy atom. The van der Waals surface area contributed by atoms with E-state index in [1.165, 1.54) is 11.1 Å². The second-order valence-electron chi connectivity index (χ2n) is 4.53. The van der Waals surface area contributed by atoms with E-state index in [9.17, 15) is 5.11 Å². The van der Waals surface area contributed by atoms with Crippen LogP contribution < -0.4 is 5.32 Å². The molecule has 1 aromatic rings. The first kappa shape index (κ1) is 14.6. The standard InChI is InChI=1S/C14H23NOS/c1-10-5-7-13(8-6-10)14(15-4)9-17-12(3)11(2)16/h5-8,11-12,14-16H,9H2,1-4H3. The van der Waals surface area contributed by atoms with Gasteiger partial charge in [-0.25, -0.2) is 0 Å². The average Bonchev–Trinajstić information content (AvgIpc) is 2.31. The molecule has 2 N–H and O–H groups in total. The fraction of sp³-hybridized carbons (Fsp3) is 0.571. The van der Waals surface area contributed by atoms with Gasteiger partial charge in [-0.15, -0.1) is 0 Å². The van der Waals surface area contributed by atoms with Crippen LogP contribution in [0.25, 0.3) is 0 Å². The molecule has 0 aromatic heterocycles. The Labute approximate surface area is 109 Å². The lowest BCUT2D eigenvalue weighted by Gasteiger charge is -2.20. The predicted octanol–water partition coefficient (Wildman–Crippen LogP) is 2.76. The molecule has 0 amide bonds. The summed E-state index contributed by atoms with van der Waals surface area (Å²) in [6, 6.07) is 8.97. The lowest BCUT2D eigenvalue weighted by atomic mass is 10.1. The highest BCUT2D eigenvalue weighted by Gasteiger charge is 2.14. The highest BCUT2D eigenvalue weighted by Crippen LogP contribution is 2.23. The number of rotatable bonds is 6. The summed E-state index contributed by atoms with van der Waals surface area (Å²) in [6.45, 7) is 6.01. The van der Waals surface area contributed by atoms with Crippen molar-refractivity contribution in [3.05, 3.63) is 35.4 Å². The van der Waals surface area contributed by atoms with Crippen LogP contribution in [0, 0.1) is 6.92 Å². The molecule has 0 heterocycles. The van der Waals surface area contributed by atoms with Crippen LogP contribution in [0.3, 0.4) is 0 Å². The average molecular weight is 253 g/mol. The van der Waals surface area contributed by atoms with Crippen LogP contribution in [0.4, 0.5) is 0 Å². The van der Waals surface area contributed by atoms with Crippen molar-refractivity contribution in [2.24, 2.45) is 0 Å². The predicted molar refractivity (Wildman–Crippen MR) is 76.6 cm³/mol. The third-order valence-electron chi connectivity index (χ3n) is 3.03. The summed E-state index contributed by atoms with van der Waals surface area (Å²) < 4.78 is 0. The van der Waals surface area contributed by atoms with Gasteiger partial charge in [-0.2, -0.15) is 11.8 Å². The molecule has 3 heteroatoms. The lowest BCUT2D eigenvalue weighted by molar-refractivity contribution is 0.196. The zero-order valence-corrected chi connectivity index (χ0v) is 11.9. The van der Waals surface area contributed by atoms with Gasteiger partial charge in [0, 0.05) is 17.0 Å². The molecule has 3 unspecified atom stereocenters. The van der Waals surface area contributed by atoms with Gasteiger partial charge in [0.05, 0.1) is 6.10 Å². The van der Waals surface area contributed by atoms with E-state index in [0.717, 1.165) is 5.75 Å². The van der Waals surface area contributed by atoms with Crippen molar-refractivity contribution in [1.29, 1.82) is 0 Å². The van der Waals surface area contributed by atoms with Crippen LogP contribution in [0.2, 0.25) is 0 Å². The molecular weight excluding hydrogens is 230 g/mol. The summed E-state index contributed by atoms with van der Waals surface area (Å²) in [4.78, 5) is 0. The Morgan fingerprint density at radius 2 is 1.82 bits per heavy atom. The monoisotopic (exact) mass is 253 g/mol. The third-order valence-corrected chi connectivity index (χ3v) is 4.48. The van der Waals surface area contributed by atoms with E-state index in [-0.39, 0.29) is 11.4 Å². The lowest BCUT2D eigenvalue weighted by Crippen LogP contribution is -2.22. The summed E-state index contributed by atoms with van der Waals surface area (Å²) in [5, 5.41) is 13.1. The van der Waals surface area contributed by atoms with E-state index in [1.54, 1.807) is 11.8 Å². The van der Waals surface area contributed by atoms with Crippen molar-refractivity contribution in [3.8, 4) is 0 Å². The fourth-order valence-corrected chi connectivity index (χ4v) is 2.67. The molecule has 17 heavy (non-hydrogen) atoms. The van der Waals surface area contributed by atoms with E-state index >= 15 is 0 Å². The molecule has 0 aliphatic heterocycles. The van der Waals surface area contributed by atoms with Gasteiger partial charge >= 0.3 is 0 Å². The highest BCUT2D eigenvalue weighted by atomic mass is 32.2. The second-order valence-corrected chi connectivity index (χ2v) is 5.94. The molecule has 3 atom stereocenters. The van der Waals surface area contributed by atoms with Crippen molar-refractivity contribution in [1.82, 2.24) is 5.32 Å². The number of aliphatic hydroxyl groups excluding tert-OH is 1. The van der Waals surface area contributed by atoms with Gasteiger partial charge in [0.25, 0.3) is 0 Å². The van der Waals surface area contributed by atoms with Gasteiger partial charge < -0.3 is 10.4 Å². The SMILES string of the molecule is CNC(CSC(C)C(C)O)c1ccc(C)cc1. The van der Waals surface area contributed by atoms with Gasteiger partial charge in [-0.3, -0.25) is 0 Å². The number of aliphatic hydroxyl groups is 1. The molecule has 0 aliphatic rings. The molecule has 0 spiro atoms. The van der Waals surface area contributed by atoms with Gasteiger partial charge in [0.1, 0.15) is 0 Å². The Hall–Kier alpha value is -0.510. The molecule has 0 saturated heterocycles. The van der Waals surface area contributed by atoms with Crippen molar-refractivity contribution in [2.75, 3.05) is 12.8 Å². The maximum Gasteiger partial charge on any atom is 0.0628 e. The Bertz CT molecular complexity index is 323. The zero-order chi connectivity index (χ0) is 12.8. The van der Waals surface area contributed by atoms with E-state index in [1.807, 2.05) is 14.0 Å². The fourth-order valence-electron chi connectivity index (χ4n) is 1.53. The minimum atomic E-state index is -0.254.